The number of hydrogen-bond donors (Lipinski definition) is 2. The van der Waals surface area contributed by atoms with E-state index in [9.17, 15) is 4.79 Å². The summed E-state index contributed by atoms with van der Waals surface area (Å²) in [6.07, 6.45) is 5.13. The molecule has 1 fully saturated rings. The summed E-state index contributed by atoms with van der Waals surface area (Å²) in [5.74, 6) is 1.17. The van der Waals surface area contributed by atoms with Crippen LogP contribution in [0.5, 0.6) is 0 Å². The first kappa shape index (κ1) is 23.6. The van der Waals surface area contributed by atoms with Crippen LogP contribution in [0.25, 0.3) is 0 Å². The van der Waals surface area contributed by atoms with E-state index in [1.165, 1.54) is 18.4 Å². The minimum absolute atomic E-state index is 0.428. The van der Waals surface area contributed by atoms with Gasteiger partial charge in [-0.05, 0) is 94.2 Å². The van der Waals surface area contributed by atoms with Gasteiger partial charge in [-0.25, -0.2) is 4.79 Å². The SMILES string of the molecule is CC(C)(C)OC(=O)Nc1ccc([C@H]2CC[C@@H](CC(=S)Nc3cccc(Cl)c3)CC2)cc1. The molecule has 0 atom stereocenters. The summed E-state index contributed by atoms with van der Waals surface area (Å²) in [7, 11) is 0. The van der Waals surface area contributed by atoms with Crippen molar-refractivity contribution < 1.29 is 9.53 Å². The van der Waals surface area contributed by atoms with E-state index in [0.717, 1.165) is 35.6 Å². The third kappa shape index (κ3) is 7.82. The molecule has 2 N–H and O–H groups in total. The Morgan fingerprint density at radius 3 is 2.32 bits per heavy atom. The number of anilines is 2. The number of nitrogens with one attached hydrogen (secondary N) is 2. The van der Waals surface area contributed by atoms with E-state index in [2.05, 4.69) is 22.8 Å². The molecule has 0 aliphatic heterocycles. The molecule has 0 unspecified atom stereocenters. The van der Waals surface area contributed by atoms with Gasteiger partial charge in [0.25, 0.3) is 0 Å². The third-order valence-corrected chi connectivity index (χ3v) is 5.96. The molecular formula is C25H31ClN2O2S. The molecule has 4 nitrogen and oxygen atoms in total. The minimum Gasteiger partial charge on any atom is -0.444 e. The Kier molecular flexibility index (Phi) is 7.95. The summed E-state index contributed by atoms with van der Waals surface area (Å²) in [5.41, 5.74) is 2.53. The highest BCUT2D eigenvalue weighted by Crippen LogP contribution is 2.37. The van der Waals surface area contributed by atoms with Crippen LogP contribution in [-0.4, -0.2) is 16.7 Å². The van der Waals surface area contributed by atoms with Crippen molar-refractivity contribution in [2.75, 3.05) is 10.6 Å². The molecule has 1 amide bonds. The Bertz CT molecular complexity index is 900. The zero-order valence-corrected chi connectivity index (χ0v) is 20.0. The van der Waals surface area contributed by atoms with E-state index in [1.807, 2.05) is 57.2 Å². The Labute approximate surface area is 195 Å². The van der Waals surface area contributed by atoms with E-state index in [0.29, 0.717) is 16.9 Å². The zero-order chi connectivity index (χ0) is 22.4. The Morgan fingerprint density at radius 2 is 1.71 bits per heavy atom. The van der Waals surface area contributed by atoms with Crippen LogP contribution in [0.4, 0.5) is 16.2 Å². The number of amides is 1. The molecule has 0 heterocycles. The van der Waals surface area contributed by atoms with E-state index in [-0.39, 0.29) is 0 Å². The normalized spacial score (nSPS) is 18.8. The number of ether oxygens (including phenoxy) is 1. The average molecular weight is 459 g/mol. The first-order valence-corrected chi connectivity index (χ1v) is 11.6. The number of benzene rings is 2. The Hall–Kier alpha value is -2.11. The van der Waals surface area contributed by atoms with Crippen molar-refractivity contribution >= 4 is 46.3 Å². The third-order valence-electron chi connectivity index (χ3n) is 5.46. The van der Waals surface area contributed by atoms with Gasteiger partial charge in [0.15, 0.2) is 0 Å². The van der Waals surface area contributed by atoms with Crippen molar-refractivity contribution in [1.29, 1.82) is 0 Å². The molecule has 0 radical (unpaired) electrons. The van der Waals surface area contributed by atoms with Crippen molar-refractivity contribution in [3.63, 3.8) is 0 Å². The van der Waals surface area contributed by atoms with Crippen molar-refractivity contribution in [1.82, 2.24) is 0 Å². The summed E-state index contributed by atoms with van der Waals surface area (Å²) in [5, 5.41) is 6.81. The molecule has 0 spiro atoms. The number of rotatable bonds is 5. The van der Waals surface area contributed by atoms with E-state index in [1.54, 1.807) is 0 Å². The molecule has 6 heteroatoms. The van der Waals surface area contributed by atoms with Crippen LogP contribution in [0, 0.1) is 5.92 Å². The monoisotopic (exact) mass is 458 g/mol. The number of halogens is 1. The standard InChI is InChI=1S/C25H31ClN2O2S/c1-25(2,3)30-24(29)28-21-13-11-19(12-14-21)18-9-7-17(8-10-18)15-23(31)27-22-6-4-5-20(26)16-22/h4-6,11-14,16-18H,7-10,15H2,1-3H3,(H,27,31)(H,28,29)/t17-,18+. The van der Waals surface area contributed by atoms with Crippen LogP contribution in [0.15, 0.2) is 48.5 Å². The van der Waals surface area contributed by atoms with Crippen LogP contribution in [0.1, 0.15) is 64.4 Å². The maximum atomic E-state index is 11.9. The summed E-state index contributed by atoms with van der Waals surface area (Å²) in [6, 6.07) is 15.8. The van der Waals surface area contributed by atoms with E-state index >= 15 is 0 Å². The maximum Gasteiger partial charge on any atom is 0.412 e. The van der Waals surface area contributed by atoms with Crippen molar-refractivity contribution in [2.45, 2.75) is 64.4 Å². The maximum absolute atomic E-state index is 11.9. The van der Waals surface area contributed by atoms with Gasteiger partial charge >= 0.3 is 6.09 Å². The Morgan fingerprint density at radius 1 is 1.03 bits per heavy atom. The molecule has 2 aromatic rings. The minimum atomic E-state index is -0.505. The second kappa shape index (κ2) is 10.5. The molecule has 0 aromatic heterocycles. The number of thiocarbonyl (C=S) groups is 1. The molecule has 1 aliphatic carbocycles. The predicted molar refractivity (Wildman–Crippen MR) is 133 cm³/mol. The largest absolute Gasteiger partial charge is 0.444 e. The van der Waals surface area contributed by atoms with Crippen molar-refractivity contribution in [3.8, 4) is 0 Å². The van der Waals surface area contributed by atoms with Gasteiger partial charge in [-0.2, -0.15) is 0 Å². The lowest BCUT2D eigenvalue weighted by molar-refractivity contribution is 0.0636. The fourth-order valence-electron chi connectivity index (χ4n) is 4.00. The van der Waals surface area contributed by atoms with E-state index < -0.39 is 11.7 Å². The summed E-state index contributed by atoms with van der Waals surface area (Å²) >= 11 is 11.6. The van der Waals surface area contributed by atoms with Crippen LogP contribution in [0.2, 0.25) is 5.02 Å². The Balaban J connectivity index is 1.45. The van der Waals surface area contributed by atoms with Crippen LogP contribution >= 0.6 is 23.8 Å². The lowest BCUT2D eigenvalue weighted by atomic mass is 9.77. The summed E-state index contributed by atoms with van der Waals surface area (Å²) in [6.45, 7) is 5.56. The highest BCUT2D eigenvalue weighted by molar-refractivity contribution is 7.80. The molecule has 2 aromatic carbocycles. The first-order valence-electron chi connectivity index (χ1n) is 10.8. The lowest BCUT2D eigenvalue weighted by Crippen LogP contribution is -2.27. The van der Waals surface area contributed by atoms with Gasteiger partial charge in [0.05, 0.1) is 4.99 Å². The molecule has 0 saturated heterocycles. The van der Waals surface area contributed by atoms with Gasteiger partial charge < -0.3 is 10.1 Å². The first-order chi connectivity index (χ1) is 14.7. The molecule has 166 valence electrons. The van der Waals surface area contributed by atoms with Gasteiger partial charge in [-0.1, -0.05) is 42.0 Å². The lowest BCUT2D eigenvalue weighted by Gasteiger charge is -2.29. The van der Waals surface area contributed by atoms with E-state index in [4.69, 9.17) is 28.6 Å². The number of carbonyl (C=O) groups is 1. The number of hydrogen-bond acceptors (Lipinski definition) is 3. The topological polar surface area (TPSA) is 50.4 Å². The highest BCUT2D eigenvalue weighted by atomic mass is 35.5. The van der Waals surface area contributed by atoms with Gasteiger partial charge in [0.1, 0.15) is 5.60 Å². The van der Waals surface area contributed by atoms with Crippen LogP contribution in [0.3, 0.4) is 0 Å². The van der Waals surface area contributed by atoms with Crippen LogP contribution in [-0.2, 0) is 4.74 Å². The van der Waals surface area contributed by atoms with Gasteiger partial charge in [0, 0.05) is 22.8 Å². The zero-order valence-electron chi connectivity index (χ0n) is 18.4. The van der Waals surface area contributed by atoms with Crippen molar-refractivity contribution in [2.24, 2.45) is 5.92 Å². The van der Waals surface area contributed by atoms with Crippen LogP contribution < -0.4 is 10.6 Å². The number of carbonyl (C=O) groups excluding carboxylic acids is 1. The van der Waals surface area contributed by atoms with Crippen molar-refractivity contribution in [3.05, 3.63) is 59.1 Å². The summed E-state index contributed by atoms with van der Waals surface area (Å²) in [4.78, 5) is 12.8. The molecule has 0 bridgehead atoms. The molecular weight excluding hydrogens is 428 g/mol. The predicted octanol–water partition coefficient (Wildman–Crippen LogP) is 7.79. The van der Waals surface area contributed by atoms with Gasteiger partial charge in [-0.3, -0.25) is 5.32 Å². The summed E-state index contributed by atoms with van der Waals surface area (Å²) < 4.78 is 5.30. The molecule has 1 aliphatic rings. The second-order valence-corrected chi connectivity index (χ2v) is 10.2. The highest BCUT2D eigenvalue weighted by Gasteiger charge is 2.23. The quantitative estimate of drug-likeness (QED) is 0.449. The average Bonchev–Trinajstić information content (AvgIpc) is 2.68. The molecule has 31 heavy (non-hydrogen) atoms. The fraction of sp³-hybridized carbons (Fsp3) is 0.440. The fourth-order valence-corrected chi connectivity index (χ4v) is 4.54. The molecule has 3 rings (SSSR count). The van der Waals surface area contributed by atoms with Gasteiger partial charge in [-0.15, -0.1) is 0 Å². The smallest absolute Gasteiger partial charge is 0.412 e. The molecule has 1 saturated carbocycles. The second-order valence-electron chi connectivity index (χ2n) is 9.23. The van der Waals surface area contributed by atoms with Gasteiger partial charge in [0.2, 0.25) is 0 Å².